The van der Waals surface area contributed by atoms with Gasteiger partial charge >= 0.3 is 0 Å². The molecule has 0 aromatic carbocycles. The average Bonchev–Trinajstić information content (AvgIpc) is 2.87. The number of thiazole rings is 1. The molecule has 2 rings (SSSR count). The van der Waals surface area contributed by atoms with Crippen LogP contribution in [0.4, 0.5) is 0 Å². The van der Waals surface area contributed by atoms with Gasteiger partial charge in [-0.2, -0.15) is 5.10 Å². The fourth-order valence-electron chi connectivity index (χ4n) is 2.37. The number of rotatable bonds is 5. The number of aryl methyl sites for hydroxylation is 4. The number of hydrogen-bond acceptors (Lipinski definition) is 5. The van der Waals surface area contributed by atoms with Crippen LogP contribution in [0.1, 0.15) is 39.8 Å². The van der Waals surface area contributed by atoms with E-state index in [0.717, 1.165) is 34.4 Å². The SMILES string of the molecule is CCNC(c1nc(C)c(C)s1)c1c(C)nn(C)c1OC. The first-order valence-corrected chi connectivity index (χ1v) is 7.56. The van der Waals surface area contributed by atoms with Gasteiger partial charge in [-0.1, -0.05) is 6.92 Å². The second-order valence-electron chi connectivity index (χ2n) is 4.82. The molecule has 0 amide bonds. The zero-order valence-corrected chi connectivity index (χ0v) is 13.8. The van der Waals surface area contributed by atoms with E-state index >= 15 is 0 Å². The van der Waals surface area contributed by atoms with Gasteiger partial charge in [0.05, 0.1) is 30.1 Å². The highest BCUT2D eigenvalue weighted by molar-refractivity contribution is 7.11. The molecule has 0 aliphatic rings. The smallest absolute Gasteiger partial charge is 0.216 e. The molecule has 6 heteroatoms. The Bertz CT molecular complexity index is 583. The number of ether oxygens (including phenoxy) is 1. The maximum atomic E-state index is 5.52. The quantitative estimate of drug-likeness (QED) is 0.920. The summed E-state index contributed by atoms with van der Waals surface area (Å²) >= 11 is 1.73. The van der Waals surface area contributed by atoms with E-state index in [1.165, 1.54) is 4.88 Å². The van der Waals surface area contributed by atoms with Crippen molar-refractivity contribution in [3.8, 4) is 5.88 Å². The molecule has 1 N–H and O–H groups in total. The Morgan fingerprint density at radius 2 is 2.00 bits per heavy atom. The summed E-state index contributed by atoms with van der Waals surface area (Å²) in [5, 5.41) is 9.03. The van der Waals surface area contributed by atoms with Crippen molar-refractivity contribution < 1.29 is 4.74 Å². The van der Waals surface area contributed by atoms with Crippen molar-refractivity contribution in [3.05, 3.63) is 26.8 Å². The normalized spacial score (nSPS) is 12.7. The summed E-state index contributed by atoms with van der Waals surface area (Å²) in [5.41, 5.74) is 3.14. The topological polar surface area (TPSA) is 52.0 Å². The molecule has 0 fully saturated rings. The van der Waals surface area contributed by atoms with Crippen LogP contribution in [0.25, 0.3) is 0 Å². The van der Waals surface area contributed by atoms with Crippen molar-refractivity contribution in [1.29, 1.82) is 0 Å². The molecule has 0 radical (unpaired) electrons. The molecule has 0 aliphatic heterocycles. The van der Waals surface area contributed by atoms with Gasteiger partial charge in [-0.3, -0.25) is 0 Å². The zero-order chi connectivity index (χ0) is 14.9. The maximum Gasteiger partial charge on any atom is 0.216 e. The highest BCUT2D eigenvalue weighted by atomic mass is 32.1. The summed E-state index contributed by atoms with van der Waals surface area (Å²) in [4.78, 5) is 5.95. The Morgan fingerprint density at radius 3 is 2.50 bits per heavy atom. The number of methoxy groups -OCH3 is 1. The van der Waals surface area contributed by atoms with Gasteiger partial charge in [-0.15, -0.1) is 11.3 Å². The number of hydrogen-bond donors (Lipinski definition) is 1. The summed E-state index contributed by atoms with van der Waals surface area (Å²) in [6.07, 6.45) is 0. The van der Waals surface area contributed by atoms with Gasteiger partial charge in [-0.05, 0) is 27.3 Å². The fraction of sp³-hybridized carbons (Fsp3) is 0.571. The van der Waals surface area contributed by atoms with E-state index < -0.39 is 0 Å². The zero-order valence-electron chi connectivity index (χ0n) is 12.9. The Morgan fingerprint density at radius 1 is 1.30 bits per heavy atom. The lowest BCUT2D eigenvalue weighted by Gasteiger charge is -2.16. The van der Waals surface area contributed by atoms with Gasteiger partial charge < -0.3 is 10.1 Å². The molecule has 0 spiro atoms. The van der Waals surface area contributed by atoms with Crippen molar-refractivity contribution in [3.63, 3.8) is 0 Å². The van der Waals surface area contributed by atoms with E-state index in [4.69, 9.17) is 9.72 Å². The maximum absolute atomic E-state index is 5.52. The van der Waals surface area contributed by atoms with E-state index in [-0.39, 0.29) is 6.04 Å². The van der Waals surface area contributed by atoms with Crippen LogP contribution in [0.15, 0.2) is 0 Å². The second kappa shape index (κ2) is 5.93. The van der Waals surface area contributed by atoms with E-state index in [1.54, 1.807) is 23.1 Å². The van der Waals surface area contributed by atoms with E-state index in [1.807, 2.05) is 20.9 Å². The standard InChI is InChI=1S/C14H22N4OS/c1-7-15-12(13-16-8(2)10(4)20-13)11-9(3)17-18(5)14(11)19-6/h12,15H,7H2,1-6H3. The van der Waals surface area contributed by atoms with Gasteiger partial charge in [0.15, 0.2) is 0 Å². The van der Waals surface area contributed by atoms with Crippen molar-refractivity contribution in [1.82, 2.24) is 20.1 Å². The van der Waals surface area contributed by atoms with Crippen molar-refractivity contribution in [2.75, 3.05) is 13.7 Å². The summed E-state index contributed by atoms with van der Waals surface area (Å²) in [7, 11) is 3.58. The highest BCUT2D eigenvalue weighted by Crippen LogP contribution is 2.34. The molecule has 2 heterocycles. The fourth-order valence-corrected chi connectivity index (χ4v) is 3.37. The van der Waals surface area contributed by atoms with E-state index in [2.05, 4.69) is 24.3 Å². The molecular formula is C14H22N4OS. The second-order valence-corrected chi connectivity index (χ2v) is 6.05. The third-order valence-electron chi connectivity index (χ3n) is 3.40. The minimum atomic E-state index is 0.0287. The van der Waals surface area contributed by atoms with Crippen LogP contribution in [0.5, 0.6) is 5.88 Å². The van der Waals surface area contributed by atoms with Crippen LogP contribution in [0, 0.1) is 20.8 Å². The van der Waals surface area contributed by atoms with Crippen LogP contribution in [-0.2, 0) is 7.05 Å². The van der Waals surface area contributed by atoms with Crippen LogP contribution >= 0.6 is 11.3 Å². The van der Waals surface area contributed by atoms with Gasteiger partial charge in [0.25, 0.3) is 0 Å². The molecular weight excluding hydrogens is 272 g/mol. The molecule has 110 valence electrons. The van der Waals surface area contributed by atoms with Crippen LogP contribution < -0.4 is 10.1 Å². The first kappa shape index (κ1) is 15.0. The third kappa shape index (κ3) is 2.58. The average molecular weight is 294 g/mol. The molecule has 0 bridgehead atoms. The molecule has 0 saturated carbocycles. The lowest BCUT2D eigenvalue weighted by molar-refractivity contribution is 0.365. The molecule has 1 unspecified atom stereocenters. The Balaban J connectivity index is 2.53. The minimum absolute atomic E-state index is 0.0287. The largest absolute Gasteiger partial charge is 0.481 e. The van der Waals surface area contributed by atoms with Crippen LogP contribution in [-0.4, -0.2) is 28.4 Å². The number of nitrogens with one attached hydrogen (secondary N) is 1. The molecule has 2 aromatic heterocycles. The Kier molecular flexibility index (Phi) is 4.45. The minimum Gasteiger partial charge on any atom is -0.481 e. The third-order valence-corrected chi connectivity index (χ3v) is 4.53. The van der Waals surface area contributed by atoms with Gasteiger partial charge in [0.1, 0.15) is 5.01 Å². The number of nitrogens with zero attached hydrogens (tertiary/aromatic N) is 3. The van der Waals surface area contributed by atoms with Gasteiger partial charge in [-0.25, -0.2) is 9.67 Å². The molecule has 5 nitrogen and oxygen atoms in total. The first-order chi connectivity index (χ1) is 9.49. The lowest BCUT2D eigenvalue weighted by atomic mass is 10.1. The lowest BCUT2D eigenvalue weighted by Crippen LogP contribution is -2.23. The van der Waals surface area contributed by atoms with Gasteiger partial charge in [0, 0.05) is 11.9 Å². The highest BCUT2D eigenvalue weighted by Gasteiger charge is 2.26. The summed E-state index contributed by atoms with van der Waals surface area (Å²) in [6, 6.07) is 0.0287. The van der Waals surface area contributed by atoms with E-state index in [9.17, 15) is 0 Å². The molecule has 2 aromatic rings. The van der Waals surface area contributed by atoms with Crippen LogP contribution in [0.3, 0.4) is 0 Å². The molecule has 0 saturated heterocycles. The predicted octanol–water partition coefficient (Wildman–Crippen LogP) is 2.51. The monoisotopic (exact) mass is 294 g/mol. The van der Waals surface area contributed by atoms with Crippen molar-refractivity contribution >= 4 is 11.3 Å². The van der Waals surface area contributed by atoms with E-state index in [0.29, 0.717) is 0 Å². The van der Waals surface area contributed by atoms with Crippen molar-refractivity contribution in [2.45, 2.75) is 33.7 Å². The van der Waals surface area contributed by atoms with Crippen LogP contribution in [0.2, 0.25) is 0 Å². The Hall–Kier alpha value is -1.40. The molecule has 1 atom stereocenters. The Labute approximate surface area is 124 Å². The summed E-state index contributed by atoms with van der Waals surface area (Å²) in [6.45, 7) is 9.12. The number of aromatic nitrogens is 3. The van der Waals surface area contributed by atoms with Crippen molar-refractivity contribution in [2.24, 2.45) is 7.05 Å². The summed E-state index contributed by atoms with van der Waals surface area (Å²) in [5.74, 6) is 0.791. The predicted molar refractivity (Wildman–Crippen MR) is 81.6 cm³/mol. The van der Waals surface area contributed by atoms with Gasteiger partial charge in [0.2, 0.25) is 5.88 Å². The molecule has 0 aliphatic carbocycles. The summed E-state index contributed by atoms with van der Waals surface area (Å²) < 4.78 is 7.30. The molecule has 20 heavy (non-hydrogen) atoms. The first-order valence-electron chi connectivity index (χ1n) is 6.74.